The van der Waals surface area contributed by atoms with Crippen molar-refractivity contribution in [3.63, 3.8) is 0 Å². The summed E-state index contributed by atoms with van der Waals surface area (Å²) in [6.07, 6.45) is 0.563. The van der Waals surface area contributed by atoms with Crippen LogP contribution in [0.3, 0.4) is 0 Å². The lowest BCUT2D eigenvalue weighted by atomic mass is 10.0. The van der Waals surface area contributed by atoms with Gasteiger partial charge in [0.1, 0.15) is 0 Å². The van der Waals surface area contributed by atoms with E-state index < -0.39 is 0 Å². The molecule has 0 radical (unpaired) electrons. The largest absolute Gasteiger partial charge is 0.453 e. The second-order valence-corrected chi connectivity index (χ2v) is 4.54. The molecule has 17 heavy (non-hydrogen) atoms. The average molecular weight is 235 g/mol. The Morgan fingerprint density at radius 2 is 1.88 bits per heavy atom. The van der Waals surface area contributed by atoms with Crippen LogP contribution in [-0.4, -0.2) is 31.7 Å². The Bertz CT molecular complexity index is 357. The zero-order chi connectivity index (χ0) is 12.8. The molecule has 1 amide bonds. The average Bonchev–Trinajstić information content (AvgIpc) is 2.35. The predicted molar refractivity (Wildman–Crippen MR) is 69.3 cm³/mol. The maximum atomic E-state index is 11.2. The maximum Gasteiger partial charge on any atom is 0.409 e. The van der Waals surface area contributed by atoms with E-state index in [9.17, 15) is 4.79 Å². The van der Waals surface area contributed by atoms with Crippen molar-refractivity contribution < 1.29 is 9.53 Å². The highest BCUT2D eigenvalue weighted by Gasteiger charge is 2.07. The van der Waals surface area contributed by atoms with Crippen LogP contribution in [0.2, 0.25) is 0 Å². The molecule has 0 aliphatic rings. The van der Waals surface area contributed by atoms with Gasteiger partial charge < -0.3 is 9.64 Å². The monoisotopic (exact) mass is 235 g/mol. The van der Waals surface area contributed by atoms with E-state index in [-0.39, 0.29) is 6.09 Å². The predicted octanol–water partition coefficient (Wildman–Crippen LogP) is 3.05. The van der Waals surface area contributed by atoms with Gasteiger partial charge in [0.05, 0.1) is 7.11 Å². The van der Waals surface area contributed by atoms with Gasteiger partial charge in [-0.2, -0.15) is 0 Å². The van der Waals surface area contributed by atoms with Gasteiger partial charge in [0.15, 0.2) is 0 Å². The summed E-state index contributed by atoms with van der Waals surface area (Å²) >= 11 is 0. The summed E-state index contributed by atoms with van der Waals surface area (Å²) in [5.41, 5.74) is 2.58. The molecule has 0 unspecified atom stereocenters. The third-order valence-electron chi connectivity index (χ3n) is 2.87. The van der Waals surface area contributed by atoms with Crippen LogP contribution in [0.15, 0.2) is 24.3 Å². The molecule has 0 spiro atoms. The first kappa shape index (κ1) is 13.6. The van der Waals surface area contributed by atoms with Crippen molar-refractivity contribution in [1.82, 2.24) is 4.90 Å². The Labute approximate surface area is 103 Å². The van der Waals surface area contributed by atoms with Gasteiger partial charge in [-0.25, -0.2) is 4.79 Å². The molecule has 0 aromatic heterocycles. The Hall–Kier alpha value is -1.51. The first-order chi connectivity index (χ1) is 8.04. The van der Waals surface area contributed by atoms with Gasteiger partial charge in [-0.05, 0) is 23.5 Å². The highest BCUT2D eigenvalue weighted by molar-refractivity contribution is 5.66. The van der Waals surface area contributed by atoms with Crippen LogP contribution in [0.25, 0.3) is 0 Å². The number of hydrogen-bond acceptors (Lipinski definition) is 2. The minimum atomic E-state index is -0.288. The molecule has 0 bridgehead atoms. The Kier molecular flexibility index (Phi) is 5.01. The van der Waals surface area contributed by atoms with E-state index in [0.717, 1.165) is 6.42 Å². The van der Waals surface area contributed by atoms with Crippen LogP contribution in [0.1, 0.15) is 30.9 Å². The Morgan fingerprint density at radius 1 is 1.29 bits per heavy atom. The second kappa shape index (κ2) is 6.28. The van der Waals surface area contributed by atoms with Crippen molar-refractivity contribution in [1.29, 1.82) is 0 Å². The molecule has 0 aliphatic heterocycles. The van der Waals surface area contributed by atoms with Gasteiger partial charge in [0.25, 0.3) is 0 Å². The highest BCUT2D eigenvalue weighted by atomic mass is 16.5. The Morgan fingerprint density at radius 3 is 2.35 bits per heavy atom. The SMILES string of the molecule is COC(=O)N(C)CCc1ccc(C(C)C)cc1. The zero-order valence-electron chi connectivity index (χ0n) is 11.1. The van der Waals surface area contributed by atoms with Gasteiger partial charge in [-0.3, -0.25) is 0 Å². The number of nitrogens with zero attached hydrogens (tertiary/aromatic N) is 1. The molecule has 0 fully saturated rings. The molecule has 0 heterocycles. The van der Waals surface area contributed by atoms with E-state index in [4.69, 9.17) is 0 Å². The number of amides is 1. The summed E-state index contributed by atoms with van der Waals surface area (Å²) in [5, 5.41) is 0. The first-order valence-electron chi connectivity index (χ1n) is 5.92. The maximum absolute atomic E-state index is 11.2. The number of methoxy groups -OCH3 is 1. The summed E-state index contributed by atoms with van der Waals surface area (Å²) in [4.78, 5) is 12.8. The summed E-state index contributed by atoms with van der Waals surface area (Å²) in [6, 6.07) is 8.55. The lowest BCUT2D eigenvalue weighted by Crippen LogP contribution is -2.28. The van der Waals surface area contributed by atoms with E-state index >= 15 is 0 Å². The van der Waals surface area contributed by atoms with Crippen molar-refractivity contribution in [2.45, 2.75) is 26.2 Å². The fourth-order valence-electron chi connectivity index (χ4n) is 1.61. The van der Waals surface area contributed by atoms with Crippen molar-refractivity contribution in [3.8, 4) is 0 Å². The zero-order valence-corrected chi connectivity index (χ0v) is 11.1. The standard InChI is InChI=1S/C14H21NO2/c1-11(2)13-7-5-12(6-8-13)9-10-15(3)14(16)17-4/h5-8,11H,9-10H2,1-4H3. The highest BCUT2D eigenvalue weighted by Crippen LogP contribution is 2.15. The number of rotatable bonds is 4. The summed E-state index contributed by atoms with van der Waals surface area (Å²) in [5.74, 6) is 0.557. The number of benzene rings is 1. The molecular formula is C14H21NO2. The van der Waals surface area contributed by atoms with Gasteiger partial charge in [-0.1, -0.05) is 38.1 Å². The van der Waals surface area contributed by atoms with E-state index in [1.165, 1.54) is 18.2 Å². The first-order valence-corrected chi connectivity index (χ1v) is 5.92. The van der Waals surface area contributed by atoms with Crippen molar-refractivity contribution in [3.05, 3.63) is 35.4 Å². The molecule has 0 N–H and O–H groups in total. The normalized spacial score (nSPS) is 10.4. The minimum absolute atomic E-state index is 0.288. The van der Waals surface area contributed by atoms with E-state index in [0.29, 0.717) is 12.5 Å². The summed E-state index contributed by atoms with van der Waals surface area (Å²) in [7, 11) is 3.14. The molecule has 1 aromatic rings. The number of carbonyl (C=O) groups is 1. The van der Waals surface area contributed by atoms with Gasteiger partial charge >= 0.3 is 6.09 Å². The molecule has 1 aromatic carbocycles. The molecule has 3 nitrogen and oxygen atoms in total. The van der Waals surface area contributed by atoms with Crippen LogP contribution in [0, 0.1) is 0 Å². The molecule has 0 saturated heterocycles. The molecule has 0 aliphatic carbocycles. The van der Waals surface area contributed by atoms with Gasteiger partial charge in [0, 0.05) is 13.6 Å². The molecular weight excluding hydrogens is 214 g/mol. The van der Waals surface area contributed by atoms with E-state index in [1.54, 1.807) is 11.9 Å². The number of hydrogen-bond donors (Lipinski definition) is 0. The van der Waals surface area contributed by atoms with E-state index in [2.05, 4.69) is 42.8 Å². The number of ether oxygens (including phenoxy) is 1. The van der Waals surface area contributed by atoms with Crippen LogP contribution in [0.5, 0.6) is 0 Å². The Balaban J connectivity index is 2.50. The van der Waals surface area contributed by atoms with Gasteiger partial charge in [-0.15, -0.1) is 0 Å². The fraction of sp³-hybridized carbons (Fsp3) is 0.500. The third kappa shape index (κ3) is 4.10. The lowest BCUT2D eigenvalue weighted by molar-refractivity contribution is 0.134. The molecule has 0 atom stereocenters. The topological polar surface area (TPSA) is 29.5 Å². The number of carbonyl (C=O) groups excluding carboxylic acids is 1. The smallest absolute Gasteiger partial charge is 0.409 e. The van der Waals surface area contributed by atoms with Crippen LogP contribution < -0.4 is 0 Å². The fourth-order valence-corrected chi connectivity index (χ4v) is 1.61. The van der Waals surface area contributed by atoms with Crippen molar-refractivity contribution in [2.24, 2.45) is 0 Å². The minimum Gasteiger partial charge on any atom is -0.453 e. The second-order valence-electron chi connectivity index (χ2n) is 4.54. The quantitative estimate of drug-likeness (QED) is 0.802. The van der Waals surface area contributed by atoms with E-state index in [1.807, 2.05) is 0 Å². The molecule has 3 heteroatoms. The molecule has 0 saturated carbocycles. The van der Waals surface area contributed by atoms with Crippen LogP contribution in [-0.2, 0) is 11.2 Å². The van der Waals surface area contributed by atoms with Gasteiger partial charge in [0.2, 0.25) is 0 Å². The molecule has 94 valence electrons. The van der Waals surface area contributed by atoms with Crippen molar-refractivity contribution in [2.75, 3.05) is 20.7 Å². The lowest BCUT2D eigenvalue weighted by Gasteiger charge is -2.15. The summed E-state index contributed by atoms with van der Waals surface area (Å²) < 4.78 is 4.64. The van der Waals surface area contributed by atoms with Crippen molar-refractivity contribution >= 4 is 6.09 Å². The third-order valence-corrected chi connectivity index (χ3v) is 2.87. The van der Waals surface area contributed by atoms with Crippen LogP contribution in [0.4, 0.5) is 4.79 Å². The number of likely N-dealkylation sites (N-methyl/N-ethyl adjacent to an activating group) is 1. The van der Waals surface area contributed by atoms with Crippen LogP contribution >= 0.6 is 0 Å². The summed E-state index contributed by atoms with van der Waals surface area (Å²) in [6.45, 7) is 5.04. The molecule has 1 rings (SSSR count).